The highest BCUT2D eigenvalue weighted by atomic mass is 16.4. The van der Waals surface area contributed by atoms with E-state index in [0.29, 0.717) is 19.6 Å². The average molecular weight is 324 g/mol. The third kappa shape index (κ3) is 7.35. The Morgan fingerprint density at radius 3 is 2.65 bits per heavy atom. The second-order valence-electron chi connectivity index (χ2n) is 5.97. The zero-order valence-electron chi connectivity index (χ0n) is 14.0. The number of aliphatic carboxylic acids is 1. The zero-order valence-corrected chi connectivity index (χ0v) is 14.0. The Labute approximate surface area is 138 Å². The van der Waals surface area contributed by atoms with E-state index in [-0.39, 0.29) is 24.7 Å². The number of likely N-dealkylation sites (N-methyl/N-ethyl adjacent to an activating group) is 1. The molecule has 2 amide bonds. The molecule has 0 unspecified atom stereocenters. The predicted molar refractivity (Wildman–Crippen MR) is 89.2 cm³/mol. The number of hydrogen-bond donors (Lipinski definition) is 3. The van der Waals surface area contributed by atoms with Crippen molar-refractivity contribution in [3.63, 3.8) is 0 Å². The highest BCUT2D eigenvalue weighted by Crippen LogP contribution is 2.25. The van der Waals surface area contributed by atoms with Crippen LogP contribution in [0.25, 0.3) is 0 Å². The molecule has 0 aromatic heterocycles. The van der Waals surface area contributed by atoms with E-state index < -0.39 is 5.97 Å². The van der Waals surface area contributed by atoms with Crippen LogP contribution >= 0.6 is 0 Å². The standard InChI is InChI=1S/C16H28N4O3/c1-4-8-19(3)9-6-7-17-16(23)18-13-10-14(11-13)20(5-2)12-15(21)22/h1,13-14H,5-12H2,2-3H3,(H,21,22)(H2,17,18,23). The number of urea groups is 1. The Kier molecular flexibility index (Phi) is 8.45. The molecule has 7 heteroatoms. The summed E-state index contributed by atoms with van der Waals surface area (Å²) in [5, 5.41) is 14.6. The molecule has 1 aliphatic rings. The van der Waals surface area contributed by atoms with Gasteiger partial charge in [0.2, 0.25) is 0 Å². The van der Waals surface area contributed by atoms with Crippen LogP contribution in [0.1, 0.15) is 26.2 Å². The van der Waals surface area contributed by atoms with Crippen LogP contribution in [0.2, 0.25) is 0 Å². The fourth-order valence-electron chi connectivity index (χ4n) is 2.70. The summed E-state index contributed by atoms with van der Waals surface area (Å²) >= 11 is 0. The first-order valence-corrected chi connectivity index (χ1v) is 8.08. The molecule has 7 nitrogen and oxygen atoms in total. The van der Waals surface area contributed by atoms with Crippen LogP contribution in [0.3, 0.4) is 0 Å². The van der Waals surface area contributed by atoms with Crippen molar-refractivity contribution in [3.8, 4) is 12.3 Å². The van der Waals surface area contributed by atoms with Gasteiger partial charge in [-0.2, -0.15) is 0 Å². The molecule has 0 radical (unpaired) electrons. The fraction of sp³-hybridized carbons (Fsp3) is 0.750. The van der Waals surface area contributed by atoms with E-state index in [1.807, 2.05) is 23.8 Å². The molecule has 0 heterocycles. The van der Waals surface area contributed by atoms with Gasteiger partial charge in [0.1, 0.15) is 0 Å². The van der Waals surface area contributed by atoms with E-state index in [2.05, 4.69) is 16.6 Å². The summed E-state index contributed by atoms with van der Waals surface area (Å²) < 4.78 is 0. The highest BCUT2D eigenvalue weighted by molar-refractivity contribution is 5.74. The Bertz CT molecular complexity index is 430. The largest absolute Gasteiger partial charge is 0.480 e. The number of rotatable bonds is 10. The number of carboxylic acids is 1. The van der Waals surface area contributed by atoms with Crippen molar-refractivity contribution in [1.82, 2.24) is 20.4 Å². The SMILES string of the molecule is C#CCN(C)CCCNC(=O)NC1CC(N(CC)CC(=O)O)C1. The van der Waals surface area contributed by atoms with Gasteiger partial charge in [-0.15, -0.1) is 6.42 Å². The molecule has 0 aromatic carbocycles. The van der Waals surface area contributed by atoms with Crippen LogP contribution in [-0.4, -0.2) is 78.8 Å². The Morgan fingerprint density at radius 2 is 2.09 bits per heavy atom. The van der Waals surface area contributed by atoms with E-state index in [9.17, 15) is 9.59 Å². The minimum Gasteiger partial charge on any atom is -0.480 e. The maximum Gasteiger partial charge on any atom is 0.317 e. The van der Waals surface area contributed by atoms with E-state index in [1.54, 1.807) is 0 Å². The number of hydrogen-bond acceptors (Lipinski definition) is 4. The predicted octanol–water partition coefficient (Wildman–Crippen LogP) is 0.178. The van der Waals surface area contributed by atoms with Gasteiger partial charge >= 0.3 is 12.0 Å². The van der Waals surface area contributed by atoms with E-state index in [0.717, 1.165) is 25.8 Å². The minimum absolute atomic E-state index is 0.0608. The summed E-state index contributed by atoms with van der Waals surface area (Å²) in [6, 6.07) is 0.222. The van der Waals surface area contributed by atoms with Crippen molar-refractivity contribution in [2.24, 2.45) is 0 Å². The van der Waals surface area contributed by atoms with E-state index >= 15 is 0 Å². The first-order chi connectivity index (χ1) is 11.0. The van der Waals surface area contributed by atoms with E-state index in [1.165, 1.54) is 0 Å². The lowest BCUT2D eigenvalue weighted by molar-refractivity contribution is -0.139. The zero-order chi connectivity index (χ0) is 17.2. The third-order valence-corrected chi connectivity index (χ3v) is 4.07. The quantitative estimate of drug-likeness (QED) is 0.394. The van der Waals surface area contributed by atoms with Gasteiger partial charge in [-0.05, 0) is 32.9 Å². The van der Waals surface area contributed by atoms with Gasteiger partial charge in [-0.1, -0.05) is 12.8 Å². The summed E-state index contributed by atoms with van der Waals surface area (Å²) in [6.45, 7) is 4.79. The number of carbonyl (C=O) groups excluding carboxylic acids is 1. The summed E-state index contributed by atoms with van der Waals surface area (Å²) in [4.78, 5) is 26.5. The molecule has 130 valence electrons. The molecule has 0 atom stereocenters. The Morgan fingerprint density at radius 1 is 1.39 bits per heavy atom. The van der Waals surface area contributed by atoms with Crippen LogP contribution in [-0.2, 0) is 4.79 Å². The first kappa shape index (κ1) is 19.3. The maximum absolute atomic E-state index is 11.8. The van der Waals surface area contributed by atoms with Gasteiger partial charge in [0, 0.05) is 25.2 Å². The molecule has 0 aromatic rings. The van der Waals surface area contributed by atoms with Gasteiger partial charge in [-0.25, -0.2) is 4.79 Å². The van der Waals surface area contributed by atoms with Gasteiger partial charge in [0.15, 0.2) is 0 Å². The van der Waals surface area contributed by atoms with Crippen molar-refractivity contribution in [3.05, 3.63) is 0 Å². The Hall–Kier alpha value is -1.78. The monoisotopic (exact) mass is 324 g/mol. The van der Waals surface area contributed by atoms with Crippen LogP contribution in [0.15, 0.2) is 0 Å². The Balaban J connectivity index is 2.11. The number of nitrogens with one attached hydrogen (secondary N) is 2. The van der Waals surface area contributed by atoms with Gasteiger partial charge in [0.05, 0.1) is 13.1 Å². The van der Waals surface area contributed by atoms with Gasteiger partial charge in [-0.3, -0.25) is 14.6 Å². The smallest absolute Gasteiger partial charge is 0.317 e. The molecule has 1 fully saturated rings. The molecule has 3 N–H and O–H groups in total. The molecule has 1 aliphatic carbocycles. The second-order valence-corrected chi connectivity index (χ2v) is 5.97. The number of amides is 2. The summed E-state index contributed by atoms with van der Waals surface area (Å²) in [7, 11) is 1.95. The molecular formula is C16H28N4O3. The fourth-order valence-corrected chi connectivity index (χ4v) is 2.70. The maximum atomic E-state index is 11.8. The first-order valence-electron chi connectivity index (χ1n) is 8.08. The van der Waals surface area contributed by atoms with Crippen molar-refractivity contribution in [2.75, 3.05) is 39.8 Å². The molecule has 0 bridgehead atoms. The third-order valence-electron chi connectivity index (χ3n) is 4.07. The molecule has 0 spiro atoms. The van der Waals surface area contributed by atoms with Crippen LogP contribution in [0, 0.1) is 12.3 Å². The lowest BCUT2D eigenvalue weighted by Gasteiger charge is -2.42. The van der Waals surface area contributed by atoms with Crippen LogP contribution in [0.4, 0.5) is 4.79 Å². The second kappa shape index (κ2) is 10.1. The number of nitrogens with zero attached hydrogens (tertiary/aromatic N) is 2. The van der Waals surface area contributed by atoms with Crippen LogP contribution < -0.4 is 10.6 Å². The minimum atomic E-state index is -0.809. The number of carboxylic acid groups (broad SMARTS) is 1. The van der Waals surface area contributed by atoms with Crippen molar-refractivity contribution >= 4 is 12.0 Å². The topological polar surface area (TPSA) is 84.9 Å². The summed E-state index contributed by atoms with van der Waals surface area (Å²) in [5.41, 5.74) is 0. The number of terminal acetylenes is 1. The summed E-state index contributed by atoms with van der Waals surface area (Å²) in [6.07, 6.45) is 7.68. The van der Waals surface area contributed by atoms with Crippen molar-refractivity contribution in [2.45, 2.75) is 38.3 Å². The molecular weight excluding hydrogens is 296 g/mol. The van der Waals surface area contributed by atoms with Gasteiger partial charge < -0.3 is 15.7 Å². The average Bonchev–Trinajstić information content (AvgIpc) is 2.45. The van der Waals surface area contributed by atoms with Crippen molar-refractivity contribution < 1.29 is 14.7 Å². The van der Waals surface area contributed by atoms with Crippen molar-refractivity contribution in [1.29, 1.82) is 0 Å². The van der Waals surface area contributed by atoms with Crippen LogP contribution in [0.5, 0.6) is 0 Å². The van der Waals surface area contributed by atoms with E-state index in [4.69, 9.17) is 11.5 Å². The lowest BCUT2D eigenvalue weighted by atomic mass is 9.85. The lowest BCUT2D eigenvalue weighted by Crippen LogP contribution is -2.56. The van der Waals surface area contributed by atoms with Gasteiger partial charge in [0.25, 0.3) is 0 Å². The highest BCUT2D eigenvalue weighted by Gasteiger charge is 2.34. The molecule has 0 aliphatic heterocycles. The summed E-state index contributed by atoms with van der Waals surface area (Å²) in [5.74, 6) is 1.76. The molecule has 1 rings (SSSR count). The molecule has 0 saturated heterocycles. The number of carbonyl (C=O) groups is 2. The molecule has 1 saturated carbocycles. The normalized spacial score (nSPS) is 20.0. The molecule has 23 heavy (non-hydrogen) atoms.